The molecule has 1 aromatic carbocycles. The van der Waals surface area contributed by atoms with E-state index in [9.17, 15) is 0 Å². The zero-order valence-electron chi connectivity index (χ0n) is 8.42. The molecule has 0 saturated heterocycles. The van der Waals surface area contributed by atoms with Crippen molar-refractivity contribution in [2.75, 3.05) is 13.2 Å². The van der Waals surface area contributed by atoms with Crippen molar-refractivity contribution < 1.29 is 9.05 Å². The maximum Gasteiger partial charge on any atom is 0.294 e. The number of thiol groups is 1. The number of rotatable bonds is 5. The zero-order chi connectivity index (χ0) is 11.3. The molecular formula is C9H14NO2PS2. The SMILES string of the molecule is Cc1ccccc1OP(=S)(S)OCCN. The van der Waals surface area contributed by atoms with E-state index >= 15 is 0 Å². The van der Waals surface area contributed by atoms with E-state index in [4.69, 9.17) is 26.6 Å². The van der Waals surface area contributed by atoms with Gasteiger partial charge in [0, 0.05) is 6.54 Å². The molecule has 0 aliphatic rings. The third kappa shape index (κ3) is 4.53. The lowest BCUT2D eigenvalue weighted by Crippen LogP contribution is -2.07. The molecule has 0 saturated carbocycles. The van der Waals surface area contributed by atoms with E-state index in [1.807, 2.05) is 31.2 Å². The molecule has 1 rings (SSSR count). The number of benzene rings is 1. The summed E-state index contributed by atoms with van der Waals surface area (Å²) in [7, 11) is 0. The summed E-state index contributed by atoms with van der Waals surface area (Å²) >= 11 is 9.33. The lowest BCUT2D eigenvalue weighted by molar-refractivity contribution is 0.333. The molecule has 0 amide bonds. The Balaban J connectivity index is 2.69. The van der Waals surface area contributed by atoms with Crippen LogP contribution in [0.5, 0.6) is 5.75 Å². The van der Waals surface area contributed by atoms with Crippen LogP contribution in [0.1, 0.15) is 5.56 Å². The fourth-order valence-corrected chi connectivity index (χ4v) is 2.79. The van der Waals surface area contributed by atoms with Gasteiger partial charge in [-0.15, -0.1) is 0 Å². The first-order valence-corrected chi connectivity index (χ1v) is 8.27. The summed E-state index contributed by atoms with van der Waals surface area (Å²) in [5.41, 5.74) is 3.82. The van der Waals surface area contributed by atoms with Gasteiger partial charge in [0.05, 0.1) is 6.61 Å². The second-order valence-electron chi connectivity index (χ2n) is 2.95. The van der Waals surface area contributed by atoms with Crippen molar-refractivity contribution in [3.63, 3.8) is 0 Å². The summed E-state index contributed by atoms with van der Waals surface area (Å²) in [5, 5.41) is 0. The zero-order valence-corrected chi connectivity index (χ0v) is 11.0. The van der Waals surface area contributed by atoms with Crippen molar-refractivity contribution in [3.05, 3.63) is 29.8 Å². The van der Waals surface area contributed by atoms with Crippen LogP contribution in [0, 0.1) is 6.92 Å². The molecular weight excluding hydrogens is 249 g/mol. The molecule has 1 unspecified atom stereocenters. The summed E-state index contributed by atoms with van der Waals surface area (Å²) in [6, 6.07) is 7.61. The largest absolute Gasteiger partial charge is 0.436 e. The van der Waals surface area contributed by atoms with Gasteiger partial charge >= 0.3 is 0 Å². The molecule has 15 heavy (non-hydrogen) atoms. The molecule has 2 N–H and O–H groups in total. The van der Waals surface area contributed by atoms with Gasteiger partial charge in [0.2, 0.25) is 0 Å². The van der Waals surface area contributed by atoms with Crippen molar-refractivity contribution in [1.29, 1.82) is 0 Å². The Hall–Kier alpha value is -0.0600. The predicted octanol–water partition coefficient (Wildman–Crippen LogP) is 2.50. The van der Waals surface area contributed by atoms with E-state index in [2.05, 4.69) is 12.2 Å². The van der Waals surface area contributed by atoms with Crippen LogP contribution in [0.15, 0.2) is 24.3 Å². The van der Waals surface area contributed by atoms with E-state index < -0.39 is 5.69 Å². The van der Waals surface area contributed by atoms with Gasteiger partial charge in [-0.3, -0.25) is 0 Å². The average molecular weight is 263 g/mol. The van der Waals surface area contributed by atoms with Crippen molar-refractivity contribution >= 4 is 29.7 Å². The van der Waals surface area contributed by atoms with Gasteiger partial charge in [0.25, 0.3) is 5.69 Å². The van der Waals surface area contributed by atoms with Gasteiger partial charge in [0.15, 0.2) is 0 Å². The maximum atomic E-state index is 5.55. The van der Waals surface area contributed by atoms with E-state index in [0.717, 1.165) is 5.56 Å². The first kappa shape index (κ1) is 13.0. The van der Waals surface area contributed by atoms with E-state index in [-0.39, 0.29) is 0 Å². The third-order valence-electron chi connectivity index (χ3n) is 1.68. The highest BCUT2D eigenvalue weighted by molar-refractivity contribution is 8.60. The van der Waals surface area contributed by atoms with Crippen LogP contribution in [0.2, 0.25) is 0 Å². The molecule has 0 aliphatic carbocycles. The normalized spacial score (nSPS) is 14.6. The first-order valence-electron chi connectivity index (χ1n) is 4.48. The monoisotopic (exact) mass is 263 g/mol. The minimum absolute atomic E-state index is 0.368. The Morgan fingerprint density at radius 1 is 1.47 bits per heavy atom. The van der Waals surface area contributed by atoms with Gasteiger partial charge in [-0.25, -0.2) is 0 Å². The minimum atomic E-state index is -2.51. The molecule has 0 aromatic heterocycles. The number of aryl methyl sites for hydroxylation is 1. The molecule has 0 bridgehead atoms. The highest BCUT2D eigenvalue weighted by atomic mass is 32.9. The Morgan fingerprint density at radius 3 is 2.73 bits per heavy atom. The fraction of sp³-hybridized carbons (Fsp3) is 0.333. The van der Waals surface area contributed by atoms with Crippen molar-refractivity contribution in [2.24, 2.45) is 5.73 Å². The first-order chi connectivity index (χ1) is 7.05. The quantitative estimate of drug-likeness (QED) is 0.633. The second kappa shape index (κ2) is 5.87. The third-order valence-corrected chi connectivity index (χ3v) is 3.75. The van der Waals surface area contributed by atoms with Crippen molar-refractivity contribution in [3.8, 4) is 5.75 Å². The lowest BCUT2D eigenvalue weighted by Gasteiger charge is -2.18. The van der Waals surface area contributed by atoms with Crippen LogP contribution >= 0.6 is 17.9 Å². The summed E-state index contributed by atoms with van der Waals surface area (Å²) in [6.45, 7) is 2.73. The van der Waals surface area contributed by atoms with Crippen LogP contribution in [0.3, 0.4) is 0 Å². The smallest absolute Gasteiger partial charge is 0.294 e. The fourth-order valence-electron chi connectivity index (χ4n) is 0.978. The predicted molar refractivity (Wildman–Crippen MR) is 70.1 cm³/mol. The second-order valence-corrected chi connectivity index (χ2v) is 8.16. The van der Waals surface area contributed by atoms with Gasteiger partial charge in [0.1, 0.15) is 5.75 Å². The molecule has 0 radical (unpaired) electrons. The van der Waals surface area contributed by atoms with Gasteiger partial charge in [-0.05, 0) is 30.4 Å². The molecule has 1 atom stereocenters. The molecule has 84 valence electrons. The lowest BCUT2D eigenvalue weighted by atomic mass is 10.2. The van der Waals surface area contributed by atoms with Crippen LogP contribution in [-0.4, -0.2) is 13.2 Å². The standard InChI is InChI=1S/C9H14NO2PS2/c1-8-4-2-3-5-9(8)12-13(14,15)11-7-6-10/h2-5H,6-7,10H2,1H3,(H,14,15). The topological polar surface area (TPSA) is 44.5 Å². The highest BCUT2D eigenvalue weighted by Gasteiger charge is 2.15. The molecule has 3 nitrogen and oxygen atoms in total. The Labute approximate surface area is 100 Å². The molecule has 0 aliphatic heterocycles. The molecule has 6 heteroatoms. The van der Waals surface area contributed by atoms with Crippen molar-refractivity contribution in [1.82, 2.24) is 0 Å². The summed E-state index contributed by atoms with van der Waals surface area (Å²) in [6.07, 6.45) is 0. The Morgan fingerprint density at radius 2 is 2.13 bits per heavy atom. The number of hydrogen-bond donors (Lipinski definition) is 2. The Kier molecular flexibility index (Phi) is 5.09. The maximum absolute atomic E-state index is 5.55. The number of nitrogens with two attached hydrogens (primary N) is 1. The average Bonchev–Trinajstić information content (AvgIpc) is 2.18. The van der Waals surface area contributed by atoms with Crippen molar-refractivity contribution in [2.45, 2.75) is 6.92 Å². The van der Waals surface area contributed by atoms with E-state index in [1.165, 1.54) is 0 Å². The highest BCUT2D eigenvalue weighted by Crippen LogP contribution is 2.53. The number of para-hydroxylation sites is 1. The minimum Gasteiger partial charge on any atom is -0.436 e. The van der Waals surface area contributed by atoms with Crippen LogP contribution in [0.4, 0.5) is 0 Å². The molecule has 0 spiro atoms. The van der Waals surface area contributed by atoms with Gasteiger partial charge in [-0.1, -0.05) is 30.4 Å². The van der Waals surface area contributed by atoms with E-state index in [1.54, 1.807) is 0 Å². The van der Waals surface area contributed by atoms with E-state index in [0.29, 0.717) is 18.9 Å². The molecule has 0 fully saturated rings. The number of hydrogen-bond acceptors (Lipinski definition) is 4. The molecule has 1 aromatic rings. The van der Waals surface area contributed by atoms with Crippen LogP contribution < -0.4 is 10.3 Å². The van der Waals surface area contributed by atoms with Gasteiger partial charge in [-0.2, -0.15) is 0 Å². The summed E-state index contributed by atoms with van der Waals surface area (Å²) in [4.78, 5) is 0. The summed E-state index contributed by atoms with van der Waals surface area (Å²) in [5.74, 6) is 0.716. The molecule has 0 heterocycles. The Bertz CT molecular complexity index is 373. The summed E-state index contributed by atoms with van der Waals surface area (Å²) < 4.78 is 10.8. The van der Waals surface area contributed by atoms with Crippen LogP contribution in [0.25, 0.3) is 0 Å². The van der Waals surface area contributed by atoms with Gasteiger partial charge < -0.3 is 14.8 Å². The van der Waals surface area contributed by atoms with Crippen LogP contribution in [-0.2, 0) is 16.3 Å².